The fourth-order valence-electron chi connectivity index (χ4n) is 1.62. The summed E-state index contributed by atoms with van der Waals surface area (Å²) in [5.41, 5.74) is 7.76. The Kier molecular flexibility index (Phi) is 2.68. The van der Waals surface area contributed by atoms with Crippen LogP contribution in [-0.4, -0.2) is 32.2 Å². The van der Waals surface area contributed by atoms with Gasteiger partial charge in [-0.2, -0.15) is 0 Å². The fraction of sp³-hybridized carbons (Fsp3) is 0.455. The molecule has 1 aromatic rings. The lowest BCUT2D eigenvalue weighted by atomic mass is 10.1. The van der Waals surface area contributed by atoms with Crippen LogP contribution in [0.25, 0.3) is 0 Å². The van der Waals surface area contributed by atoms with Gasteiger partial charge in [-0.15, -0.1) is 0 Å². The van der Waals surface area contributed by atoms with E-state index in [1.807, 2.05) is 26.2 Å². The Balaban J connectivity index is 2.32. The van der Waals surface area contributed by atoms with Crippen molar-refractivity contribution in [3.05, 3.63) is 17.7 Å². The molecule has 0 aromatic heterocycles. The fourth-order valence-corrected chi connectivity index (χ4v) is 1.62. The molecular formula is C11H16N2O2. The summed E-state index contributed by atoms with van der Waals surface area (Å²) in [7, 11) is 4.02. The number of rotatable bonds is 2. The van der Waals surface area contributed by atoms with Crippen LogP contribution in [0.3, 0.4) is 0 Å². The molecule has 0 saturated heterocycles. The van der Waals surface area contributed by atoms with Gasteiger partial charge >= 0.3 is 0 Å². The van der Waals surface area contributed by atoms with Crippen LogP contribution < -0.4 is 15.2 Å². The van der Waals surface area contributed by atoms with Crippen molar-refractivity contribution in [1.82, 2.24) is 4.90 Å². The molecule has 2 N–H and O–H groups in total. The summed E-state index contributed by atoms with van der Waals surface area (Å²) >= 11 is 0. The van der Waals surface area contributed by atoms with Gasteiger partial charge in [0.2, 0.25) is 0 Å². The summed E-state index contributed by atoms with van der Waals surface area (Å²) in [6.07, 6.45) is 0. The molecular weight excluding hydrogens is 192 g/mol. The molecule has 1 aliphatic heterocycles. The number of ether oxygens (including phenoxy) is 2. The van der Waals surface area contributed by atoms with Gasteiger partial charge in [0.05, 0.1) is 0 Å². The van der Waals surface area contributed by atoms with Crippen molar-refractivity contribution in [2.45, 2.75) is 6.54 Å². The van der Waals surface area contributed by atoms with E-state index in [-0.39, 0.29) is 0 Å². The molecule has 0 unspecified atom stereocenters. The normalized spacial score (nSPS) is 14.3. The highest BCUT2D eigenvalue weighted by atomic mass is 16.6. The van der Waals surface area contributed by atoms with E-state index in [1.54, 1.807) is 0 Å². The van der Waals surface area contributed by atoms with Crippen LogP contribution in [0.2, 0.25) is 0 Å². The summed E-state index contributed by atoms with van der Waals surface area (Å²) in [6.45, 7) is 2.01. The van der Waals surface area contributed by atoms with Gasteiger partial charge in [0.15, 0.2) is 11.5 Å². The zero-order chi connectivity index (χ0) is 10.8. The molecule has 0 amide bonds. The molecule has 0 aliphatic carbocycles. The lowest BCUT2D eigenvalue weighted by Gasteiger charge is -2.21. The maximum atomic E-state index is 5.93. The van der Waals surface area contributed by atoms with E-state index in [2.05, 4.69) is 4.90 Å². The minimum absolute atomic E-state index is 0.597. The Morgan fingerprint density at radius 3 is 2.40 bits per heavy atom. The summed E-state index contributed by atoms with van der Waals surface area (Å²) in [4.78, 5) is 2.07. The first-order valence-electron chi connectivity index (χ1n) is 4.99. The third-order valence-corrected chi connectivity index (χ3v) is 2.29. The predicted octanol–water partition coefficient (Wildman–Crippen LogP) is 1.10. The first-order chi connectivity index (χ1) is 7.16. The molecule has 0 bridgehead atoms. The van der Waals surface area contributed by atoms with Crippen LogP contribution in [0.4, 0.5) is 5.69 Å². The molecule has 0 spiro atoms. The third-order valence-electron chi connectivity index (χ3n) is 2.29. The highest BCUT2D eigenvalue weighted by molar-refractivity contribution is 5.58. The minimum Gasteiger partial charge on any atom is -0.486 e. The van der Waals surface area contributed by atoms with Crippen LogP contribution in [-0.2, 0) is 6.54 Å². The Morgan fingerprint density at radius 2 is 1.80 bits per heavy atom. The maximum absolute atomic E-state index is 5.93. The van der Waals surface area contributed by atoms with Crippen LogP contribution in [0.1, 0.15) is 5.56 Å². The number of anilines is 1. The molecule has 2 rings (SSSR count). The highest BCUT2D eigenvalue weighted by Crippen LogP contribution is 2.34. The molecule has 82 valence electrons. The van der Waals surface area contributed by atoms with E-state index in [4.69, 9.17) is 15.2 Å². The summed E-state index contributed by atoms with van der Waals surface area (Å²) in [6, 6.07) is 3.80. The Hall–Kier alpha value is -1.42. The largest absolute Gasteiger partial charge is 0.486 e. The van der Waals surface area contributed by atoms with E-state index < -0.39 is 0 Å². The molecule has 1 heterocycles. The number of nitrogens with zero attached hydrogens (tertiary/aromatic N) is 1. The van der Waals surface area contributed by atoms with Gasteiger partial charge in [0, 0.05) is 18.3 Å². The maximum Gasteiger partial charge on any atom is 0.163 e. The van der Waals surface area contributed by atoms with Gasteiger partial charge in [0.1, 0.15) is 13.2 Å². The molecule has 15 heavy (non-hydrogen) atoms. The van der Waals surface area contributed by atoms with E-state index in [0.717, 1.165) is 29.3 Å². The number of benzene rings is 1. The Bertz CT molecular complexity index is 364. The van der Waals surface area contributed by atoms with Gasteiger partial charge in [-0.1, -0.05) is 0 Å². The quantitative estimate of drug-likeness (QED) is 0.739. The van der Waals surface area contributed by atoms with Crippen molar-refractivity contribution >= 4 is 5.69 Å². The minimum atomic E-state index is 0.597. The van der Waals surface area contributed by atoms with Crippen LogP contribution in [0, 0.1) is 0 Å². The summed E-state index contributed by atoms with van der Waals surface area (Å²) in [5.74, 6) is 1.55. The second kappa shape index (κ2) is 3.98. The summed E-state index contributed by atoms with van der Waals surface area (Å²) in [5, 5.41) is 0. The first-order valence-corrected chi connectivity index (χ1v) is 4.99. The van der Waals surface area contributed by atoms with Crippen molar-refractivity contribution in [2.75, 3.05) is 33.0 Å². The van der Waals surface area contributed by atoms with Crippen LogP contribution >= 0.6 is 0 Å². The van der Waals surface area contributed by atoms with Gasteiger partial charge in [-0.05, 0) is 25.7 Å². The number of hydrogen-bond acceptors (Lipinski definition) is 4. The smallest absolute Gasteiger partial charge is 0.163 e. The van der Waals surface area contributed by atoms with Gasteiger partial charge < -0.3 is 20.1 Å². The van der Waals surface area contributed by atoms with Crippen LogP contribution in [0.15, 0.2) is 12.1 Å². The number of nitrogens with two attached hydrogens (primary N) is 1. The Labute approximate surface area is 89.6 Å². The molecule has 4 heteroatoms. The van der Waals surface area contributed by atoms with Gasteiger partial charge in [0.25, 0.3) is 0 Å². The van der Waals surface area contributed by atoms with Gasteiger partial charge in [-0.3, -0.25) is 0 Å². The third kappa shape index (κ3) is 2.15. The van der Waals surface area contributed by atoms with Crippen molar-refractivity contribution < 1.29 is 9.47 Å². The van der Waals surface area contributed by atoms with Crippen molar-refractivity contribution in [3.8, 4) is 11.5 Å². The predicted molar refractivity (Wildman–Crippen MR) is 59.2 cm³/mol. The summed E-state index contributed by atoms with van der Waals surface area (Å²) < 4.78 is 10.9. The number of fused-ring (bicyclic) bond motifs is 1. The lowest BCUT2D eigenvalue weighted by molar-refractivity contribution is 0.171. The molecule has 0 saturated carbocycles. The molecule has 4 nitrogen and oxygen atoms in total. The lowest BCUT2D eigenvalue weighted by Crippen LogP contribution is -2.17. The van der Waals surface area contributed by atoms with E-state index >= 15 is 0 Å². The number of hydrogen-bond donors (Lipinski definition) is 1. The van der Waals surface area contributed by atoms with Crippen LogP contribution in [0.5, 0.6) is 11.5 Å². The van der Waals surface area contributed by atoms with Crippen molar-refractivity contribution in [2.24, 2.45) is 0 Å². The van der Waals surface area contributed by atoms with Crippen molar-refractivity contribution in [3.63, 3.8) is 0 Å². The highest BCUT2D eigenvalue weighted by Gasteiger charge is 2.14. The standard InChI is InChI=1S/C11H16N2O2/c1-13(2)7-8-5-10-11(6-9(8)12)15-4-3-14-10/h5-6H,3-4,7,12H2,1-2H3. The van der Waals surface area contributed by atoms with E-state index in [0.29, 0.717) is 13.2 Å². The molecule has 0 atom stereocenters. The molecule has 0 radical (unpaired) electrons. The second-order valence-corrected chi connectivity index (χ2v) is 3.93. The monoisotopic (exact) mass is 208 g/mol. The van der Waals surface area contributed by atoms with Crippen molar-refractivity contribution in [1.29, 1.82) is 0 Å². The average molecular weight is 208 g/mol. The van der Waals surface area contributed by atoms with E-state index in [1.165, 1.54) is 0 Å². The SMILES string of the molecule is CN(C)Cc1cc2c(cc1N)OCCO2. The topological polar surface area (TPSA) is 47.7 Å². The average Bonchev–Trinajstić information content (AvgIpc) is 2.18. The molecule has 1 aromatic carbocycles. The molecule has 0 fully saturated rings. The zero-order valence-corrected chi connectivity index (χ0v) is 9.12. The molecule has 1 aliphatic rings. The Morgan fingerprint density at radius 1 is 1.20 bits per heavy atom. The van der Waals surface area contributed by atoms with E-state index in [9.17, 15) is 0 Å². The zero-order valence-electron chi connectivity index (χ0n) is 9.12. The second-order valence-electron chi connectivity index (χ2n) is 3.93. The number of nitrogen functional groups attached to an aromatic ring is 1. The first kappa shape index (κ1) is 10.1. The van der Waals surface area contributed by atoms with Gasteiger partial charge in [-0.25, -0.2) is 0 Å².